The Kier molecular flexibility index (Phi) is 1.53. The fourth-order valence-electron chi connectivity index (χ4n) is 0.398. The van der Waals surface area contributed by atoms with Crippen molar-refractivity contribution in [2.24, 2.45) is 0 Å². The van der Waals surface area contributed by atoms with Crippen molar-refractivity contribution in [2.75, 3.05) is 0 Å². The Morgan fingerprint density at radius 1 is 1.71 bits per heavy atom. The van der Waals surface area contributed by atoms with Gasteiger partial charge in [-0.3, -0.25) is 0 Å². The van der Waals surface area contributed by atoms with Crippen molar-refractivity contribution in [1.82, 2.24) is 0 Å². The van der Waals surface area contributed by atoms with Gasteiger partial charge in [0.1, 0.15) is 0 Å². The van der Waals surface area contributed by atoms with Crippen LogP contribution in [0.4, 0.5) is 0 Å². The van der Waals surface area contributed by atoms with Crippen LogP contribution in [0, 0.1) is 12.5 Å². The maximum absolute atomic E-state index is 5.50. The fourth-order valence-corrected chi connectivity index (χ4v) is 0.552. The van der Waals surface area contributed by atoms with Crippen LogP contribution in [0.3, 0.4) is 0 Å². The molecule has 0 atom stereocenters. The molecule has 0 aromatic carbocycles. The molecule has 0 heterocycles. The van der Waals surface area contributed by atoms with Crippen molar-refractivity contribution in [3.63, 3.8) is 0 Å². The normalized spacial score (nSPS) is 19.3. The standard InChI is InChI=1S/C6H4Cl/c7-6-4-2-1-3-5-6/h4-5H,1H2. The second kappa shape index (κ2) is 2.17. The van der Waals surface area contributed by atoms with Crippen molar-refractivity contribution < 1.29 is 0 Å². The van der Waals surface area contributed by atoms with Crippen LogP contribution in [0.25, 0.3) is 0 Å². The summed E-state index contributed by atoms with van der Waals surface area (Å²) in [7, 11) is 0. The molecule has 0 aromatic heterocycles. The number of hydrogen-bond acceptors (Lipinski definition) is 0. The van der Waals surface area contributed by atoms with Gasteiger partial charge in [-0.2, -0.15) is 0 Å². The Morgan fingerprint density at radius 2 is 2.57 bits per heavy atom. The molecule has 0 aromatic rings. The van der Waals surface area contributed by atoms with Gasteiger partial charge in [0.05, 0.1) is 0 Å². The number of allylic oxidation sites excluding steroid dienone is 4. The van der Waals surface area contributed by atoms with Crippen LogP contribution in [0.1, 0.15) is 6.42 Å². The van der Waals surface area contributed by atoms with Gasteiger partial charge in [-0.05, 0) is 18.6 Å². The van der Waals surface area contributed by atoms with Crippen LogP contribution in [0.5, 0.6) is 0 Å². The Hall–Kier alpha value is -0.230. The molecule has 0 unspecified atom stereocenters. The minimum Gasteiger partial charge on any atom is -0.0847 e. The Morgan fingerprint density at radius 3 is 2.86 bits per heavy atom. The minimum absolute atomic E-state index is 0.714. The molecule has 1 rings (SSSR count). The molecule has 35 valence electrons. The van der Waals surface area contributed by atoms with Crippen LogP contribution < -0.4 is 0 Å². The van der Waals surface area contributed by atoms with Gasteiger partial charge in [-0.1, -0.05) is 17.7 Å². The highest BCUT2D eigenvalue weighted by molar-refractivity contribution is 6.31. The summed E-state index contributed by atoms with van der Waals surface area (Å²) in [5.41, 5.74) is 0. The van der Waals surface area contributed by atoms with Crippen molar-refractivity contribution in [3.05, 3.63) is 29.7 Å². The van der Waals surface area contributed by atoms with E-state index in [9.17, 15) is 0 Å². The van der Waals surface area contributed by atoms with E-state index < -0.39 is 0 Å². The summed E-state index contributed by atoms with van der Waals surface area (Å²) < 4.78 is 0. The molecule has 0 nitrogen and oxygen atoms in total. The molecule has 0 saturated heterocycles. The van der Waals surface area contributed by atoms with Crippen LogP contribution in [-0.2, 0) is 0 Å². The summed E-state index contributed by atoms with van der Waals surface area (Å²) >= 11 is 5.50. The first kappa shape index (κ1) is 4.92. The lowest BCUT2D eigenvalue weighted by atomic mass is 10.2. The second-order valence-electron chi connectivity index (χ2n) is 1.26. The number of hydrogen-bond donors (Lipinski definition) is 0. The minimum atomic E-state index is 0.714. The molecular weight excluding hydrogens is 108 g/mol. The maximum Gasteiger partial charge on any atom is 0.0375 e. The van der Waals surface area contributed by atoms with Crippen molar-refractivity contribution in [1.29, 1.82) is 0 Å². The van der Waals surface area contributed by atoms with E-state index in [2.05, 4.69) is 12.5 Å². The lowest BCUT2D eigenvalue weighted by Crippen LogP contribution is -1.76. The van der Waals surface area contributed by atoms with Gasteiger partial charge in [0.25, 0.3) is 0 Å². The lowest BCUT2D eigenvalue weighted by Gasteiger charge is -1.92. The van der Waals surface area contributed by atoms with Crippen LogP contribution in [-0.4, -0.2) is 0 Å². The quantitative estimate of drug-likeness (QED) is 0.448. The van der Waals surface area contributed by atoms with Crippen LogP contribution >= 0.6 is 11.6 Å². The zero-order valence-electron chi connectivity index (χ0n) is 3.74. The van der Waals surface area contributed by atoms with Gasteiger partial charge in [0, 0.05) is 11.5 Å². The van der Waals surface area contributed by atoms with E-state index in [1.165, 1.54) is 0 Å². The topological polar surface area (TPSA) is 0 Å². The molecule has 0 spiro atoms. The number of halogens is 1. The first-order valence-corrected chi connectivity index (χ1v) is 2.43. The van der Waals surface area contributed by atoms with Crippen LogP contribution in [0.15, 0.2) is 17.2 Å². The molecule has 0 N–H and O–H groups in total. The summed E-state index contributed by atoms with van der Waals surface area (Å²) in [4.78, 5) is 0. The van der Waals surface area contributed by atoms with E-state index in [1.807, 2.05) is 0 Å². The second-order valence-corrected chi connectivity index (χ2v) is 1.70. The van der Waals surface area contributed by atoms with E-state index in [4.69, 9.17) is 11.6 Å². The lowest BCUT2D eigenvalue weighted by molar-refractivity contribution is 1.22. The van der Waals surface area contributed by atoms with E-state index in [0.717, 1.165) is 6.42 Å². The summed E-state index contributed by atoms with van der Waals surface area (Å²) in [5, 5.41) is 0.714. The van der Waals surface area contributed by atoms with E-state index >= 15 is 0 Å². The van der Waals surface area contributed by atoms with E-state index in [0.29, 0.717) is 5.03 Å². The summed E-state index contributed by atoms with van der Waals surface area (Å²) in [5.74, 6) is 0. The Labute approximate surface area is 48.5 Å². The highest BCUT2D eigenvalue weighted by Crippen LogP contribution is 2.10. The van der Waals surface area contributed by atoms with Gasteiger partial charge < -0.3 is 0 Å². The summed E-state index contributed by atoms with van der Waals surface area (Å²) in [6, 6.07) is 0. The summed E-state index contributed by atoms with van der Waals surface area (Å²) in [6.45, 7) is 0. The molecule has 1 aliphatic carbocycles. The van der Waals surface area contributed by atoms with E-state index in [-0.39, 0.29) is 0 Å². The molecule has 0 aliphatic heterocycles. The number of rotatable bonds is 0. The van der Waals surface area contributed by atoms with Crippen molar-refractivity contribution in [3.8, 4) is 0 Å². The smallest absolute Gasteiger partial charge is 0.0375 e. The molecule has 1 aliphatic rings. The third-order valence-electron chi connectivity index (χ3n) is 0.684. The first-order valence-electron chi connectivity index (χ1n) is 2.05. The Bertz CT molecular complexity index is 111. The molecule has 0 bridgehead atoms. The average Bonchev–Trinajstić information content (AvgIpc) is 1.69. The average molecular weight is 112 g/mol. The molecule has 1 heteroatoms. The zero-order valence-corrected chi connectivity index (χ0v) is 4.50. The third kappa shape index (κ3) is 1.36. The van der Waals surface area contributed by atoms with Gasteiger partial charge in [-0.15, -0.1) is 0 Å². The largest absolute Gasteiger partial charge is 0.0847 e. The summed E-state index contributed by atoms with van der Waals surface area (Å²) in [6.07, 6.45) is 10.1. The van der Waals surface area contributed by atoms with Gasteiger partial charge in [0.15, 0.2) is 0 Å². The monoisotopic (exact) mass is 111 g/mol. The van der Waals surface area contributed by atoms with E-state index in [1.54, 1.807) is 12.2 Å². The van der Waals surface area contributed by atoms with Gasteiger partial charge >= 0.3 is 0 Å². The molecular formula is C6H4Cl. The maximum atomic E-state index is 5.50. The molecule has 0 fully saturated rings. The predicted molar refractivity (Wildman–Crippen MR) is 29.6 cm³/mol. The SMILES string of the molecule is ClC1=C[C]C[C]=C1. The predicted octanol–water partition coefficient (Wildman–Crippen LogP) is 1.95. The van der Waals surface area contributed by atoms with Crippen molar-refractivity contribution >= 4 is 11.6 Å². The highest BCUT2D eigenvalue weighted by atomic mass is 35.5. The fraction of sp³-hybridized carbons (Fsp3) is 0.167. The van der Waals surface area contributed by atoms with Gasteiger partial charge in [-0.25, -0.2) is 0 Å². The molecule has 3 radical (unpaired) electrons. The first-order chi connectivity index (χ1) is 3.39. The molecule has 0 amide bonds. The molecule has 7 heavy (non-hydrogen) atoms. The van der Waals surface area contributed by atoms with Gasteiger partial charge in [0.2, 0.25) is 0 Å². The third-order valence-corrected chi connectivity index (χ3v) is 0.902. The Balaban J connectivity index is 2.58. The molecule has 0 saturated carbocycles. The van der Waals surface area contributed by atoms with Crippen LogP contribution in [0.2, 0.25) is 0 Å². The highest BCUT2D eigenvalue weighted by Gasteiger charge is 1.90. The van der Waals surface area contributed by atoms with Crippen molar-refractivity contribution in [2.45, 2.75) is 6.42 Å². The zero-order chi connectivity index (χ0) is 5.11.